The molecule has 3 heteroatoms. The van der Waals surface area contributed by atoms with Crippen molar-refractivity contribution in [2.75, 3.05) is 11.9 Å². The number of allylic oxidation sites excluding steroid dienone is 5. The first-order chi connectivity index (χ1) is 30.7. The molecule has 0 fully saturated rings. The van der Waals surface area contributed by atoms with Gasteiger partial charge in [-0.2, -0.15) is 0 Å². The van der Waals surface area contributed by atoms with Crippen molar-refractivity contribution in [3.63, 3.8) is 0 Å². The zero-order valence-corrected chi connectivity index (χ0v) is 37.6. The van der Waals surface area contributed by atoms with Crippen molar-refractivity contribution >= 4 is 44.7 Å². The van der Waals surface area contributed by atoms with Crippen LogP contribution in [0.15, 0.2) is 169 Å². The smallest absolute Gasteiger partial charge is 0.0639 e. The third kappa shape index (κ3) is 5.57. The summed E-state index contributed by atoms with van der Waals surface area (Å²) in [6.07, 6.45) is 13.8. The summed E-state index contributed by atoms with van der Waals surface area (Å²) in [5, 5.41) is 2.62. The number of hydrogen-bond acceptors (Lipinski definition) is 2. The fourth-order valence-electron chi connectivity index (χ4n) is 13.0. The number of benzene rings is 6. The molecule has 0 bridgehead atoms. The molecule has 2 aliphatic heterocycles. The van der Waals surface area contributed by atoms with E-state index in [4.69, 9.17) is 0 Å². The summed E-state index contributed by atoms with van der Waals surface area (Å²) >= 11 is 0. The molecule has 63 heavy (non-hydrogen) atoms. The van der Waals surface area contributed by atoms with Crippen LogP contribution in [0.25, 0.3) is 44.7 Å². The van der Waals surface area contributed by atoms with E-state index in [-0.39, 0.29) is 29.0 Å². The first-order valence-electron chi connectivity index (χ1n) is 23.4. The van der Waals surface area contributed by atoms with Gasteiger partial charge in [0.2, 0.25) is 0 Å². The monoisotopic (exact) mass is 819 g/mol. The van der Waals surface area contributed by atoms with Crippen LogP contribution in [0.4, 0.5) is 5.69 Å². The number of nitrogens with zero attached hydrogens (tertiary/aromatic N) is 3. The molecule has 1 aromatic heterocycles. The summed E-state index contributed by atoms with van der Waals surface area (Å²) in [4.78, 5) is 5.70. The highest BCUT2D eigenvalue weighted by molar-refractivity contribution is 6.09. The predicted molar refractivity (Wildman–Crippen MR) is 265 cm³/mol. The molecule has 312 valence electrons. The molecule has 0 amide bonds. The van der Waals surface area contributed by atoms with Crippen LogP contribution in [0.2, 0.25) is 0 Å². The van der Waals surface area contributed by atoms with E-state index in [0.29, 0.717) is 5.92 Å². The van der Waals surface area contributed by atoms with Crippen LogP contribution in [0.5, 0.6) is 0 Å². The Morgan fingerprint density at radius 1 is 0.714 bits per heavy atom. The van der Waals surface area contributed by atoms with Crippen molar-refractivity contribution in [1.29, 1.82) is 0 Å². The van der Waals surface area contributed by atoms with Crippen molar-refractivity contribution < 1.29 is 0 Å². The van der Waals surface area contributed by atoms with Crippen LogP contribution < -0.4 is 4.90 Å². The van der Waals surface area contributed by atoms with E-state index in [2.05, 4.69) is 220 Å². The Labute approximate surface area is 373 Å². The minimum Gasteiger partial charge on any atom is -0.369 e. The normalized spacial score (nSPS) is 24.4. The number of para-hydroxylation sites is 3. The molecule has 0 radical (unpaired) electrons. The average molecular weight is 820 g/mol. The molecule has 3 nitrogen and oxygen atoms in total. The summed E-state index contributed by atoms with van der Waals surface area (Å²) in [7, 11) is 2.42. The molecule has 3 aliphatic carbocycles. The van der Waals surface area contributed by atoms with Crippen LogP contribution in [0, 0.1) is 11.8 Å². The Balaban J connectivity index is 1.10. The number of anilines is 1. The van der Waals surface area contributed by atoms with E-state index in [1.165, 1.54) is 94.5 Å². The van der Waals surface area contributed by atoms with E-state index < -0.39 is 0 Å². The maximum atomic E-state index is 2.96. The lowest BCUT2D eigenvalue weighted by molar-refractivity contribution is 0.157. The van der Waals surface area contributed by atoms with Crippen molar-refractivity contribution in [2.45, 2.75) is 83.3 Å². The number of rotatable bonds is 5. The topological polar surface area (TPSA) is 11.4 Å². The number of fused-ring (bicyclic) bond motifs is 8. The lowest BCUT2D eigenvalue weighted by Gasteiger charge is -2.59. The second-order valence-electron chi connectivity index (χ2n) is 19.9. The maximum absolute atomic E-state index is 2.96. The Morgan fingerprint density at radius 2 is 1.46 bits per heavy atom. The molecule has 5 atom stereocenters. The highest BCUT2D eigenvalue weighted by Gasteiger charge is 2.56. The van der Waals surface area contributed by atoms with Gasteiger partial charge in [-0.3, -0.25) is 0 Å². The van der Waals surface area contributed by atoms with Gasteiger partial charge in [-0.05, 0) is 131 Å². The predicted octanol–water partition coefficient (Wildman–Crippen LogP) is 14.3. The fraction of sp³-hybridized carbons (Fsp3) is 0.267. The van der Waals surface area contributed by atoms with Gasteiger partial charge in [0.1, 0.15) is 0 Å². The van der Waals surface area contributed by atoms with Crippen molar-refractivity contribution in [2.24, 2.45) is 11.8 Å². The SMILES string of the molecule is CC[C@H]1C(c2ccc3c(c2)c2ccccc2n3-c2ccccc2)N(C)C2=C(c3ccc(C4=CCC(C)C=C4)cc3C2(C)C)C1N1c2ccccc2CC2=Cc3ccccc3CC21C. The van der Waals surface area contributed by atoms with Crippen LogP contribution in [-0.4, -0.2) is 28.1 Å². The molecule has 5 aliphatic rings. The Kier molecular flexibility index (Phi) is 8.58. The minimum absolute atomic E-state index is 0.119. The van der Waals surface area contributed by atoms with Gasteiger partial charge in [0.15, 0.2) is 0 Å². The summed E-state index contributed by atoms with van der Waals surface area (Å²) in [6, 6.07) is 53.6. The lowest BCUT2D eigenvalue weighted by atomic mass is 9.67. The van der Waals surface area contributed by atoms with Gasteiger partial charge >= 0.3 is 0 Å². The molecule has 7 aromatic rings. The van der Waals surface area contributed by atoms with Crippen LogP contribution in [-0.2, 0) is 18.3 Å². The zero-order valence-electron chi connectivity index (χ0n) is 37.6. The van der Waals surface area contributed by atoms with Gasteiger partial charge in [0.25, 0.3) is 0 Å². The summed E-state index contributed by atoms with van der Waals surface area (Å²) in [5.41, 5.74) is 20.4. The number of likely N-dealkylation sites (N-methyl/N-ethyl adjacent to an activating group) is 1. The van der Waals surface area contributed by atoms with E-state index in [9.17, 15) is 0 Å². The standard InChI is InChI=1S/C60H57N3/c1-7-47-56(43-30-32-54-50(35-43)48-22-14-16-24-53(48)62(54)46-20-9-8-10-21-46)61(6)58-55(49-31-29-41(36-51(49)59(58,3)4)39-27-25-38(2)26-28-39)57(47)63-52-23-15-13-18-42(52)34-45-33-40-17-11-12-19-44(40)37-60(45,63)5/h8-25,27-33,35-36,38,47,56-57H,7,26,34,37H2,1-6H3/t38?,47-,56?,57?,60?/m0/s1. The molecule has 12 rings (SSSR count). The Bertz CT molecular complexity index is 3130. The third-order valence-electron chi connectivity index (χ3n) is 15.9. The fourth-order valence-corrected chi connectivity index (χ4v) is 13.0. The van der Waals surface area contributed by atoms with Crippen LogP contribution in [0.1, 0.15) is 92.4 Å². The highest BCUT2D eigenvalue weighted by Crippen LogP contribution is 2.61. The average Bonchev–Trinajstić information content (AvgIpc) is 3.76. The van der Waals surface area contributed by atoms with Gasteiger partial charge in [0, 0.05) is 51.8 Å². The second kappa shape index (κ2) is 14.1. The van der Waals surface area contributed by atoms with Crippen molar-refractivity contribution in [1.82, 2.24) is 9.47 Å². The van der Waals surface area contributed by atoms with E-state index in [0.717, 1.165) is 25.7 Å². The first kappa shape index (κ1) is 38.4. The van der Waals surface area contributed by atoms with Gasteiger partial charge in [-0.15, -0.1) is 0 Å². The molecular formula is C60H57N3. The van der Waals surface area contributed by atoms with E-state index in [1.807, 2.05) is 0 Å². The summed E-state index contributed by atoms with van der Waals surface area (Å²) in [5.74, 6) is 0.862. The number of aromatic nitrogens is 1. The quantitative estimate of drug-likeness (QED) is 0.171. The molecule has 3 heterocycles. The van der Waals surface area contributed by atoms with Gasteiger partial charge in [-0.1, -0.05) is 149 Å². The summed E-state index contributed by atoms with van der Waals surface area (Å²) < 4.78 is 2.45. The molecular weight excluding hydrogens is 763 g/mol. The molecule has 0 saturated heterocycles. The second-order valence-corrected chi connectivity index (χ2v) is 19.9. The Hall–Kier alpha value is -6.32. The van der Waals surface area contributed by atoms with E-state index in [1.54, 1.807) is 0 Å². The minimum atomic E-state index is -0.224. The van der Waals surface area contributed by atoms with Gasteiger partial charge < -0.3 is 14.4 Å². The molecule has 0 spiro atoms. The maximum Gasteiger partial charge on any atom is 0.0639 e. The molecule has 0 saturated carbocycles. The Morgan fingerprint density at radius 3 is 2.27 bits per heavy atom. The highest BCUT2D eigenvalue weighted by atomic mass is 15.3. The van der Waals surface area contributed by atoms with Gasteiger partial charge in [0.05, 0.1) is 28.7 Å². The van der Waals surface area contributed by atoms with Crippen LogP contribution >= 0.6 is 0 Å². The lowest BCUT2D eigenvalue weighted by Crippen LogP contribution is -2.62. The molecule has 0 N–H and O–H groups in total. The first-order valence-corrected chi connectivity index (χ1v) is 23.4. The largest absolute Gasteiger partial charge is 0.369 e. The number of hydrogen-bond donors (Lipinski definition) is 0. The van der Waals surface area contributed by atoms with E-state index >= 15 is 0 Å². The van der Waals surface area contributed by atoms with Gasteiger partial charge in [-0.25, -0.2) is 0 Å². The third-order valence-corrected chi connectivity index (χ3v) is 15.9. The van der Waals surface area contributed by atoms with Crippen molar-refractivity contribution in [3.8, 4) is 5.69 Å². The van der Waals surface area contributed by atoms with Crippen LogP contribution in [0.3, 0.4) is 0 Å². The zero-order chi connectivity index (χ0) is 42.8. The summed E-state index contributed by atoms with van der Waals surface area (Å²) in [6.45, 7) is 12.4. The molecule has 4 unspecified atom stereocenters. The molecule has 6 aromatic carbocycles. The van der Waals surface area contributed by atoms with Crippen molar-refractivity contribution in [3.05, 3.63) is 208 Å².